The maximum atomic E-state index is 12.9. The molecule has 0 saturated carbocycles. The van der Waals surface area contributed by atoms with Gasteiger partial charge in [-0.25, -0.2) is 8.42 Å². The van der Waals surface area contributed by atoms with Crippen molar-refractivity contribution in [3.8, 4) is 10.6 Å². The van der Waals surface area contributed by atoms with Crippen molar-refractivity contribution in [2.45, 2.75) is 17.2 Å². The van der Waals surface area contributed by atoms with Gasteiger partial charge in [0, 0.05) is 19.2 Å². The van der Waals surface area contributed by atoms with Crippen LogP contribution in [-0.2, 0) is 23.0 Å². The average Bonchev–Trinajstić information content (AvgIpc) is 3.25. The third-order valence-electron chi connectivity index (χ3n) is 3.95. The Balaban J connectivity index is 1.64. The van der Waals surface area contributed by atoms with E-state index >= 15 is 0 Å². The second-order valence-corrected chi connectivity index (χ2v) is 8.60. The van der Waals surface area contributed by atoms with Gasteiger partial charge in [0.05, 0.1) is 11.1 Å². The summed E-state index contributed by atoms with van der Waals surface area (Å²) in [6.07, 6.45) is 2.29. The lowest BCUT2D eigenvalue weighted by Gasteiger charge is -2.27. The highest BCUT2D eigenvalue weighted by molar-refractivity contribution is 7.91. The van der Waals surface area contributed by atoms with E-state index in [0.717, 1.165) is 16.9 Å². The maximum absolute atomic E-state index is 12.9. The summed E-state index contributed by atoms with van der Waals surface area (Å²) in [4.78, 5) is 0.762. The van der Waals surface area contributed by atoms with Gasteiger partial charge in [-0.05, 0) is 29.7 Å². The van der Waals surface area contributed by atoms with Gasteiger partial charge in [-0.1, -0.05) is 29.4 Å². The van der Waals surface area contributed by atoms with E-state index in [1.165, 1.54) is 16.9 Å². The lowest BCUT2D eigenvalue weighted by Crippen LogP contribution is -2.35. The molecule has 1 aliphatic rings. The number of aromatic nitrogens is 1. The third-order valence-corrected chi connectivity index (χ3v) is 7.36. The van der Waals surface area contributed by atoms with Crippen LogP contribution in [0.3, 0.4) is 0 Å². The molecule has 0 N–H and O–H groups in total. The largest absolute Gasteiger partial charge is 0.355 e. The van der Waals surface area contributed by atoms with Gasteiger partial charge in [-0.15, -0.1) is 11.3 Å². The molecule has 0 unspecified atom stereocenters. The van der Waals surface area contributed by atoms with Crippen LogP contribution in [0.4, 0.5) is 0 Å². The first kappa shape index (κ1) is 14.6. The SMILES string of the molecule is O=S(=O)(c1ccc(-c2ccno2)s1)N1CCc2ccccc2C1. The fraction of sp³-hybridized carbons (Fsp3) is 0.188. The number of hydrogen-bond donors (Lipinski definition) is 0. The summed E-state index contributed by atoms with van der Waals surface area (Å²) in [5.41, 5.74) is 2.31. The van der Waals surface area contributed by atoms with Crippen LogP contribution in [0.25, 0.3) is 10.6 Å². The molecule has 0 radical (unpaired) electrons. The van der Waals surface area contributed by atoms with Crippen LogP contribution in [0, 0.1) is 0 Å². The van der Waals surface area contributed by atoms with Crippen LogP contribution in [0.2, 0.25) is 0 Å². The molecule has 0 aliphatic carbocycles. The topological polar surface area (TPSA) is 63.4 Å². The molecule has 1 aromatic carbocycles. The zero-order valence-electron chi connectivity index (χ0n) is 12.2. The molecule has 0 atom stereocenters. The van der Waals surface area contributed by atoms with Gasteiger partial charge in [0.25, 0.3) is 10.0 Å². The zero-order chi connectivity index (χ0) is 15.9. The summed E-state index contributed by atoms with van der Waals surface area (Å²) in [6.45, 7) is 0.933. The second-order valence-electron chi connectivity index (χ2n) is 5.35. The molecule has 2 aromatic heterocycles. The smallest absolute Gasteiger partial charge is 0.252 e. The molecule has 1 aliphatic heterocycles. The van der Waals surface area contributed by atoms with Crippen LogP contribution in [0.15, 0.2) is 57.4 Å². The normalized spacial score (nSPS) is 15.5. The molecule has 7 heteroatoms. The molecule has 23 heavy (non-hydrogen) atoms. The van der Waals surface area contributed by atoms with Gasteiger partial charge in [0.2, 0.25) is 0 Å². The van der Waals surface area contributed by atoms with E-state index < -0.39 is 10.0 Å². The zero-order valence-corrected chi connectivity index (χ0v) is 13.8. The van der Waals surface area contributed by atoms with Gasteiger partial charge in [-0.3, -0.25) is 0 Å². The Kier molecular flexibility index (Phi) is 3.56. The van der Waals surface area contributed by atoms with Gasteiger partial charge in [0.1, 0.15) is 4.21 Å². The molecule has 5 nitrogen and oxygen atoms in total. The highest BCUT2D eigenvalue weighted by Crippen LogP contribution is 2.33. The molecule has 0 spiro atoms. The minimum atomic E-state index is -3.49. The molecule has 0 bridgehead atoms. The van der Waals surface area contributed by atoms with Crippen molar-refractivity contribution in [3.05, 3.63) is 59.8 Å². The Labute approximate surface area is 138 Å². The van der Waals surface area contributed by atoms with E-state index in [9.17, 15) is 8.42 Å². The minimum absolute atomic E-state index is 0.336. The predicted octanol–water partition coefficient (Wildman–Crippen LogP) is 3.15. The second kappa shape index (κ2) is 5.59. The van der Waals surface area contributed by atoms with Gasteiger partial charge in [0.15, 0.2) is 5.76 Å². The number of hydrogen-bond acceptors (Lipinski definition) is 5. The Morgan fingerprint density at radius 3 is 2.70 bits per heavy atom. The lowest BCUT2D eigenvalue weighted by atomic mass is 10.0. The first-order chi connectivity index (χ1) is 11.1. The predicted molar refractivity (Wildman–Crippen MR) is 87.6 cm³/mol. The van der Waals surface area contributed by atoms with Crippen LogP contribution in [0.1, 0.15) is 11.1 Å². The number of rotatable bonds is 3. The first-order valence-electron chi connectivity index (χ1n) is 7.22. The van der Waals surface area contributed by atoms with Crippen LogP contribution in [-0.4, -0.2) is 24.4 Å². The standard InChI is InChI=1S/C16H14N2O3S2/c19-23(20,16-6-5-15(22-16)14-7-9-17-21-14)18-10-8-12-3-1-2-4-13(12)11-18/h1-7,9H,8,10-11H2. The van der Waals surface area contributed by atoms with Gasteiger partial charge in [-0.2, -0.15) is 4.31 Å². The number of sulfonamides is 1. The minimum Gasteiger partial charge on any atom is -0.355 e. The summed E-state index contributed by atoms with van der Waals surface area (Å²) in [6, 6.07) is 13.1. The molecule has 118 valence electrons. The van der Waals surface area contributed by atoms with Crippen molar-refractivity contribution in [1.29, 1.82) is 0 Å². The Hall–Kier alpha value is -1.96. The Bertz CT molecular complexity index is 930. The third kappa shape index (κ3) is 2.60. The summed E-state index contributed by atoms with van der Waals surface area (Å²) in [7, 11) is -3.49. The fourth-order valence-corrected chi connectivity index (χ4v) is 5.57. The fourth-order valence-electron chi connectivity index (χ4n) is 2.74. The van der Waals surface area contributed by atoms with Crippen LogP contribution < -0.4 is 0 Å². The molecule has 0 saturated heterocycles. The maximum Gasteiger partial charge on any atom is 0.252 e. The van der Waals surface area contributed by atoms with Gasteiger partial charge >= 0.3 is 0 Å². The highest BCUT2D eigenvalue weighted by Gasteiger charge is 2.29. The summed E-state index contributed by atoms with van der Waals surface area (Å²) >= 11 is 1.21. The molecule has 3 heterocycles. The lowest BCUT2D eigenvalue weighted by molar-refractivity contribution is 0.392. The van der Waals surface area contributed by atoms with E-state index in [2.05, 4.69) is 11.2 Å². The number of thiophene rings is 1. The molecule has 3 aromatic rings. The van der Waals surface area contributed by atoms with E-state index in [-0.39, 0.29) is 0 Å². The van der Waals surface area contributed by atoms with Crippen molar-refractivity contribution in [2.75, 3.05) is 6.54 Å². The van der Waals surface area contributed by atoms with E-state index in [1.807, 2.05) is 18.2 Å². The Morgan fingerprint density at radius 2 is 1.91 bits per heavy atom. The molecule has 0 fully saturated rings. The summed E-state index contributed by atoms with van der Waals surface area (Å²) in [5.74, 6) is 0.584. The van der Waals surface area contributed by atoms with Crippen molar-refractivity contribution >= 4 is 21.4 Å². The molecular weight excluding hydrogens is 332 g/mol. The Morgan fingerprint density at radius 1 is 1.09 bits per heavy atom. The molecular formula is C16H14N2O3S2. The van der Waals surface area contributed by atoms with E-state index in [4.69, 9.17) is 4.52 Å². The van der Waals surface area contributed by atoms with E-state index in [1.54, 1.807) is 28.7 Å². The van der Waals surface area contributed by atoms with Gasteiger partial charge < -0.3 is 4.52 Å². The van der Waals surface area contributed by atoms with Crippen molar-refractivity contribution in [3.63, 3.8) is 0 Å². The van der Waals surface area contributed by atoms with Crippen molar-refractivity contribution in [2.24, 2.45) is 0 Å². The van der Waals surface area contributed by atoms with E-state index in [0.29, 0.717) is 23.1 Å². The van der Waals surface area contributed by atoms with Crippen molar-refractivity contribution in [1.82, 2.24) is 9.46 Å². The molecule has 0 amide bonds. The molecule has 4 rings (SSSR count). The average molecular weight is 346 g/mol. The summed E-state index contributed by atoms with van der Waals surface area (Å²) < 4.78 is 32.7. The number of benzene rings is 1. The van der Waals surface area contributed by atoms with Crippen molar-refractivity contribution < 1.29 is 12.9 Å². The highest BCUT2D eigenvalue weighted by atomic mass is 32.2. The first-order valence-corrected chi connectivity index (χ1v) is 9.48. The monoisotopic (exact) mass is 346 g/mol. The summed E-state index contributed by atoms with van der Waals surface area (Å²) in [5, 5.41) is 3.66. The van der Waals surface area contributed by atoms with Crippen LogP contribution in [0.5, 0.6) is 0 Å². The quantitative estimate of drug-likeness (QED) is 0.731. The number of fused-ring (bicyclic) bond motifs is 1. The number of nitrogens with zero attached hydrogens (tertiary/aromatic N) is 2. The van der Waals surface area contributed by atoms with Crippen LogP contribution >= 0.6 is 11.3 Å².